The second-order valence-corrected chi connectivity index (χ2v) is 9.91. The fourth-order valence-corrected chi connectivity index (χ4v) is 5.34. The Morgan fingerprint density at radius 3 is 2.74 bits per heavy atom. The average molecular weight is 536 g/mol. The van der Waals surface area contributed by atoms with E-state index < -0.39 is 6.03 Å². The van der Waals surface area contributed by atoms with Crippen molar-refractivity contribution >= 4 is 40.2 Å². The van der Waals surface area contributed by atoms with Crippen molar-refractivity contribution in [3.05, 3.63) is 54.6 Å². The van der Waals surface area contributed by atoms with Crippen LogP contribution in [0.1, 0.15) is 37.4 Å². The Bertz CT molecular complexity index is 1410. The van der Waals surface area contributed by atoms with Crippen LogP contribution in [0.15, 0.2) is 63.2 Å². The van der Waals surface area contributed by atoms with E-state index in [0.29, 0.717) is 42.1 Å². The molecule has 11 heteroatoms. The monoisotopic (exact) mass is 535 g/mol. The summed E-state index contributed by atoms with van der Waals surface area (Å²) < 4.78 is 21.8. The summed E-state index contributed by atoms with van der Waals surface area (Å²) in [4.78, 5) is 22.4. The molecule has 2 amide bonds. The van der Waals surface area contributed by atoms with Crippen molar-refractivity contribution in [1.82, 2.24) is 15.1 Å². The lowest BCUT2D eigenvalue weighted by Crippen LogP contribution is -2.19. The lowest BCUT2D eigenvalue weighted by molar-refractivity contribution is 0.144. The molecule has 5 rings (SSSR count). The first kappa shape index (κ1) is 25.8. The van der Waals surface area contributed by atoms with Gasteiger partial charge in [-0.05, 0) is 37.1 Å². The van der Waals surface area contributed by atoms with Crippen molar-refractivity contribution in [1.29, 1.82) is 0 Å². The summed E-state index contributed by atoms with van der Waals surface area (Å²) in [5.41, 5.74) is 1.37. The Balaban J connectivity index is 1.27. The zero-order valence-electron chi connectivity index (χ0n) is 21.2. The number of nitrogens with zero attached hydrogens (tertiary/aromatic N) is 3. The van der Waals surface area contributed by atoms with Crippen LogP contribution in [0, 0.1) is 0 Å². The van der Waals surface area contributed by atoms with Crippen molar-refractivity contribution in [3.8, 4) is 11.5 Å². The normalized spacial score (nSPS) is 13.5. The van der Waals surface area contributed by atoms with Crippen LogP contribution in [0.2, 0.25) is 0 Å². The number of carbonyl (C=O) groups excluding carboxylic acids is 1. The molecule has 0 aliphatic heterocycles. The Kier molecular flexibility index (Phi) is 8.25. The van der Waals surface area contributed by atoms with Crippen molar-refractivity contribution in [3.63, 3.8) is 0 Å². The van der Waals surface area contributed by atoms with E-state index >= 15 is 0 Å². The summed E-state index contributed by atoms with van der Waals surface area (Å²) in [7, 11) is 3.22. The van der Waals surface area contributed by atoms with Crippen LogP contribution < -0.4 is 20.1 Å². The molecule has 38 heavy (non-hydrogen) atoms. The van der Waals surface area contributed by atoms with Crippen LogP contribution >= 0.6 is 11.8 Å². The second-order valence-electron chi connectivity index (χ2n) is 8.85. The zero-order chi connectivity index (χ0) is 26.3. The smallest absolute Gasteiger partial charge is 0.324 e. The molecular formula is C27H29N5O5S. The number of aromatic nitrogens is 3. The van der Waals surface area contributed by atoms with Crippen molar-refractivity contribution < 1.29 is 23.5 Å². The summed E-state index contributed by atoms with van der Waals surface area (Å²) in [5.74, 6) is 2.80. The number of carbonyl (C=O) groups is 1. The van der Waals surface area contributed by atoms with Gasteiger partial charge in [-0.1, -0.05) is 35.8 Å². The van der Waals surface area contributed by atoms with E-state index in [2.05, 4.69) is 25.8 Å². The van der Waals surface area contributed by atoms with Crippen LogP contribution in [0.25, 0.3) is 10.9 Å². The minimum atomic E-state index is -0.392. The number of ether oxygens (including phenoxy) is 3. The summed E-state index contributed by atoms with van der Waals surface area (Å²) in [6, 6.07) is 12.6. The van der Waals surface area contributed by atoms with Gasteiger partial charge in [-0.2, -0.15) is 0 Å². The van der Waals surface area contributed by atoms with Crippen LogP contribution in [-0.4, -0.2) is 48.6 Å². The lowest BCUT2D eigenvalue weighted by Gasteiger charge is -2.13. The van der Waals surface area contributed by atoms with E-state index in [4.69, 9.17) is 18.7 Å². The first-order chi connectivity index (χ1) is 18.6. The largest absolute Gasteiger partial charge is 0.493 e. The maximum atomic E-state index is 12.6. The van der Waals surface area contributed by atoms with Gasteiger partial charge in [0.2, 0.25) is 0 Å². The highest BCUT2D eigenvalue weighted by atomic mass is 32.2. The van der Waals surface area contributed by atoms with Crippen molar-refractivity contribution in [2.75, 3.05) is 38.1 Å². The molecule has 0 unspecified atom stereocenters. The van der Waals surface area contributed by atoms with Gasteiger partial charge in [0, 0.05) is 41.1 Å². The predicted octanol–water partition coefficient (Wildman–Crippen LogP) is 6.10. The van der Waals surface area contributed by atoms with Crippen molar-refractivity contribution in [2.45, 2.75) is 41.5 Å². The van der Waals surface area contributed by atoms with E-state index in [1.165, 1.54) is 30.9 Å². The number of nitrogens with one attached hydrogen (secondary N) is 2. The molecule has 0 saturated heterocycles. The maximum absolute atomic E-state index is 12.6. The molecule has 1 aliphatic carbocycles. The summed E-state index contributed by atoms with van der Waals surface area (Å²) in [5, 5.41) is 11.2. The Labute approximate surface area is 224 Å². The third kappa shape index (κ3) is 6.17. The third-order valence-corrected chi connectivity index (χ3v) is 7.27. The van der Waals surface area contributed by atoms with Gasteiger partial charge in [-0.15, -0.1) is 0 Å². The highest BCUT2D eigenvalue weighted by Crippen LogP contribution is 2.38. The number of urea groups is 1. The van der Waals surface area contributed by atoms with Crippen LogP contribution in [0.5, 0.6) is 11.5 Å². The maximum Gasteiger partial charge on any atom is 0.324 e. The molecule has 1 saturated carbocycles. The zero-order valence-corrected chi connectivity index (χ0v) is 22.0. The van der Waals surface area contributed by atoms with Crippen LogP contribution in [0.3, 0.4) is 0 Å². The summed E-state index contributed by atoms with van der Waals surface area (Å²) >= 11 is 1.46. The number of fused-ring (bicyclic) bond motifs is 1. The van der Waals surface area contributed by atoms with Gasteiger partial charge in [0.25, 0.3) is 0 Å². The van der Waals surface area contributed by atoms with Gasteiger partial charge < -0.3 is 24.1 Å². The number of anilines is 2. The minimum Gasteiger partial charge on any atom is -0.493 e. The first-order valence-corrected chi connectivity index (χ1v) is 13.2. The molecule has 198 valence electrons. The standard InChI is InChI=1S/C27H29N5O5S/c1-34-10-11-36-24-14-21-20(13-23(24)35-2)26(29-16-28-21)38-19-9-5-8-18(12-19)30-27(33)31-25-15-22(37-32-25)17-6-3-4-7-17/h5,8-9,12-17H,3-4,6-7,10-11H2,1-2H3,(H2,30,31,32,33). The number of amides is 2. The summed E-state index contributed by atoms with van der Waals surface area (Å²) in [6.07, 6.45) is 6.12. The second kappa shape index (κ2) is 12.1. The SMILES string of the molecule is COCCOc1cc2ncnc(Sc3cccc(NC(=O)Nc4cc(C5CCCC5)on4)c3)c2cc1OC. The molecular weight excluding hydrogens is 506 g/mol. The van der Waals surface area contributed by atoms with E-state index in [-0.39, 0.29) is 0 Å². The first-order valence-electron chi connectivity index (χ1n) is 12.4. The fraction of sp³-hybridized carbons (Fsp3) is 0.333. The fourth-order valence-electron chi connectivity index (χ4n) is 4.41. The highest BCUT2D eigenvalue weighted by Gasteiger charge is 2.22. The topological polar surface area (TPSA) is 121 Å². The summed E-state index contributed by atoms with van der Waals surface area (Å²) in [6.45, 7) is 0.866. The molecule has 0 atom stereocenters. The van der Waals surface area contributed by atoms with Gasteiger partial charge in [0.05, 0.1) is 19.2 Å². The quantitative estimate of drug-likeness (QED) is 0.183. The molecule has 0 bridgehead atoms. The Morgan fingerprint density at radius 2 is 1.92 bits per heavy atom. The van der Waals surface area contributed by atoms with Gasteiger partial charge in [0.1, 0.15) is 23.7 Å². The molecule has 2 heterocycles. The average Bonchev–Trinajstić information content (AvgIpc) is 3.61. The molecule has 1 aliphatic rings. The Hall–Kier alpha value is -3.83. The van der Waals surface area contributed by atoms with E-state index in [1.807, 2.05) is 42.5 Å². The molecule has 0 spiro atoms. The molecule has 2 aromatic heterocycles. The molecule has 0 radical (unpaired) electrons. The van der Waals surface area contributed by atoms with Gasteiger partial charge in [-0.3, -0.25) is 5.32 Å². The molecule has 1 fully saturated rings. The number of hydrogen-bond acceptors (Lipinski definition) is 9. The third-order valence-electron chi connectivity index (χ3n) is 6.26. The molecule has 10 nitrogen and oxygen atoms in total. The predicted molar refractivity (Wildman–Crippen MR) is 144 cm³/mol. The molecule has 2 aromatic carbocycles. The van der Waals surface area contributed by atoms with Crippen LogP contribution in [-0.2, 0) is 4.74 Å². The van der Waals surface area contributed by atoms with Gasteiger partial charge in [0.15, 0.2) is 17.3 Å². The van der Waals surface area contributed by atoms with Crippen molar-refractivity contribution in [2.24, 2.45) is 0 Å². The Morgan fingerprint density at radius 1 is 1.05 bits per heavy atom. The van der Waals surface area contributed by atoms with E-state index in [9.17, 15) is 4.79 Å². The lowest BCUT2D eigenvalue weighted by atomic mass is 10.1. The van der Waals surface area contributed by atoms with Crippen LogP contribution in [0.4, 0.5) is 16.3 Å². The van der Waals surface area contributed by atoms with E-state index in [0.717, 1.165) is 39.4 Å². The number of benzene rings is 2. The molecule has 2 N–H and O–H groups in total. The number of hydrogen-bond donors (Lipinski definition) is 2. The van der Waals surface area contributed by atoms with Gasteiger partial charge >= 0.3 is 6.03 Å². The molecule has 4 aromatic rings. The van der Waals surface area contributed by atoms with Gasteiger partial charge in [-0.25, -0.2) is 14.8 Å². The minimum absolute atomic E-state index is 0.391. The number of rotatable bonds is 10. The highest BCUT2D eigenvalue weighted by molar-refractivity contribution is 7.99. The van der Waals surface area contributed by atoms with E-state index in [1.54, 1.807) is 14.2 Å². The number of methoxy groups -OCH3 is 2.